The zero-order chi connectivity index (χ0) is 15.3. The van der Waals surface area contributed by atoms with Gasteiger partial charge in [-0.05, 0) is 26.0 Å². The van der Waals surface area contributed by atoms with Gasteiger partial charge in [-0.3, -0.25) is 0 Å². The molecule has 1 atom stereocenters. The van der Waals surface area contributed by atoms with Crippen LogP contribution >= 0.6 is 15.9 Å². The smallest absolute Gasteiger partial charge is 0.168 e. The highest BCUT2D eigenvalue weighted by molar-refractivity contribution is 9.11. The van der Waals surface area contributed by atoms with Gasteiger partial charge in [0.2, 0.25) is 0 Å². The van der Waals surface area contributed by atoms with Gasteiger partial charge >= 0.3 is 0 Å². The zero-order valence-corrected chi connectivity index (χ0v) is 13.8. The van der Waals surface area contributed by atoms with Crippen LogP contribution in [0.2, 0.25) is 0 Å². The van der Waals surface area contributed by atoms with Crippen LogP contribution in [0.1, 0.15) is 20.8 Å². The molecule has 0 fully saturated rings. The Balaban J connectivity index is 2.66. The van der Waals surface area contributed by atoms with Crippen molar-refractivity contribution in [2.24, 2.45) is 16.6 Å². The molecule has 0 saturated heterocycles. The van der Waals surface area contributed by atoms with Crippen LogP contribution in [0.4, 0.5) is 4.39 Å². The fraction of sp³-hybridized carbons (Fsp3) is 0.462. The molecule has 0 bridgehead atoms. The summed E-state index contributed by atoms with van der Waals surface area (Å²) in [5.74, 6) is -1.07. The summed E-state index contributed by atoms with van der Waals surface area (Å²) >= 11 is 3.34. The molecule has 0 spiro atoms. The van der Waals surface area contributed by atoms with E-state index in [4.69, 9.17) is 5.73 Å². The van der Waals surface area contributed by atoms with E-state index in [1.807, 2.05) is 0 Å². The van der Waals surface area contributed by atoms with Crippen LogP contribution in [-0.4, -0.2) is 24.8 Å². The normalized spacial score (nSPS) is 32.2. The molecule has 110 valence electrons. The number of amidine groups is 1. The molecule has 2 N–H and O–H groups in total. The third-order valence-corrected chi connectivity index (χ3v) is 7.15. The summed E-state index contributed by atoms with van der Waals surface area (Å²) < 4.78 is 38.2. The minimum Gasteiger partial charge on any atom is -0.386 e. The van der Waals surface area contributed by atoms with E-state index in [1.165, 1.54) is 19.9 Å². The molecular weight excluding hydrogens is 347 g/mol. The lowest BCUT2D eigenvalue weighted by molar-refractivity contribution is 0.573. The second kappa shape index (κ2) is 4.80. The largest absolute Gasteiger partial charge is 0.386 e. The number of nitrogens with two attached hydrogens (primary N) is 1. The summed E-state index contributed by atoms with van der Waals surface area (Å²) in [6.45, 7) is 4.80. The molecule has 1 unspecified atom stereocenters. The van der Waals surface area contributed by atoms with Crippen molar-refractivity contribution in [2.75, 3.05) is 5.75 Å². The van der Waals surface area contributed by atoms with Gasteiger partial charge in [0.05, 0.1) is 11.4 Å². The van der Waals surface area contributed by atoms with Gasteiger partial charge in [-0.25, -0.2) is 17.8 Å². The number of hydrogen-bond donors (Lipinski definition) is 1. The highest BCUT2D eigenvalue weighted by Crippen LogP contribution is 2.39. The van der Waals surface area contributed by atoms with Crippen LogP contribution in [0.25, 0.3) is 0 Å². The van der Waals surface area contributed by atoms with Gasteiger partial charge in [0.1, 0.15) is 16.4 Å². The molecular formula is C13H16BrFN2O2S. The van der Waals surface area contributed by atoms with Gasteiger partial charge < -0.3 is 5.73 Å². The van der Waals surface area contributed by atoms with Crippen molar-refractivity contribution in [1.29, 1.82) is 0 Å². The van der Waals surface area contributed by atoms with Crippen molar-refractivity contribution >= 4 is 31.6 Å². The monoisotopic (exact) mass is 362 g/mol. The van der Waals surface area contributed by atoms with Crippen LogP contribution < -0.4 is 5.73 Å². The third kappa shape index (κ3) is 2.26. The molecule has 4 nitrogen and oxygen atoms in total. The Bertz CT molecular complexity index is 687. The van der Waals surface area contributed by atoms with Crippen LogP contribution in [0.15, 0.2) is 38.7 Å². The minimum absolute atomic E-state index is 0.00285. The van der Waals surface area contributed by atoms with Gasteiger partial charge in [0, 0.05) is 16.0 Å². The Labute approximate surface area is 126 Å². The van der Waals surface area contributed by atoms with Gasteiger partial charge in [0.15, 0.2) is 9.84 Å². The van der Waals surface area contributed by atoms with E-state index in [0.717, 1.165) is 4.48 Å². The number of sulfone groups is 1. The number of nitrogens with zero attached hydrogens (tertiary/aromatic N) is 1. The van der Waals surface area contributed by atoms with Crippen molar-refractivity contribution in [1.82, 2.24) is 0 Å². The summed E-state index contributed by atoms with van der Waals surface area (Å²) in [7, 11) is -3.52. The molecule has 1 heterocycles. The van der Waals surface area contributed by atoms with E-state index in [1.54, 1.807) is 13.0 Å². The first kappa shape index (κ1) is 15.4. The van der Waals surface area contributed by atoms with E-state index in [2.05, 4.69) is 20.9 Å². The van der Waals surface area contributed by atoms with Gasteiger partial charge in [0.25, 0.3) is 0 Å². The van der Waals surface area contributed by atoms with E-state index < -0.39 is 20.4 Å². The number of hydrogen-bond acceptors (Lipinski definition) is 4. The van der Waals surface area contributed by atoms with Crippen molar-refractivity contribution < 1.29 is 12.8 Å². The average Bonchev–Trinajstić information content (AvgIpc) is 2.32. The van der Waals surface area contributed by atoms with Crippen LogP contribution in [0, 0.1) is 5.92 Å². The number of halogens is 2. The lowest BCUT2D eigenvalue weighted by Gasteiger charge is -2.30. The second-order valence-corrected chi connectivity index (χ2v) is 8.87. The van der Waals surface area contributed by atoms with E-state index in [-0.39, 0.29) is 28.8 Å². The SMILES string of the molecule is CC1C(Br)=CC=C(F)/C1=C1\CS(=O)(=O)C(C)(C)C(N)=N1. The third-order valence-electron chi connectivity index (χ3n) is 3.78. The zero-order valence-electron chi connectivity index (χ0n) is 11.4. The van der Waals surface area contributed by atoms with Crippen molar-refractivity contribution in [3.8, 4) is 0 Å². The average molecular weight is 363 g/mol. The molecule has 0 saturated carbocycles. The Morgan fingerprint density at radius 2 is 2.05 bits per heavy atom. The first-order valence-corrected chi connectivity index (χ1v) is 8.55. The Morgan fingerprint density at radius 3 is 2.60 bits per heavy atom. The number of rotatable bonds is 0. The number of allylic oxidation sites excluding steroid dienone is 5. The summed E-state index contributed by atoms with van der Waals surface area (Å²) in [6, 6.07) is 0. The summed E-state index contributed by atoms with van der Waals surface area (Å²) in [4.78, 5) is 4.16. The lowest BCUT2D eigenvalue weighted by atomic mass is 9.93. The summed E-state index contributed by atoms with van der Waals surface area (Å²) in [6.07, 6.45) is 2.91. The van der Waals surface area contributed by atoms with Crippen LogP contribution in [-0.2, 0) is 9.84 Å². The topological polar surface area (TPSA) is 72.5 Å². The Morgan fingerprint density at radius 1 is 1.45 bits per heavy atom. The second-order valence-electron chi connectivity index (χ2n) is 5.41. The minimum atomic E-state index is -3.52. The van der Waals surface area contributed by atoms with Gasteiger partial charge in [-0.15, -0.1) is 0 Å². The standard InChI is InChI=1S/C13H16BrFN2O2S/c1-7-8(14)4-5-9(15)11(7)10-6-20(18,19)13(2,3)12(16)17-10/h4-5,7H,6H2,1-3H3,(H2,16,17)/b11-10+. The predicted molar refractivity (Wildman–Crippen MR) is 81.9 cm³/mol. The maximum absolute atomic E-state index is 14.1. The molecule has 0 radical (unpaired) electrons. The van der Waals surface area contributed by atoms with Gasteiger partial charge in [-0.1, -0.05) is 22.9 Å². The maximum Gasteiger partial charge on any atom is 0.168 e. The van der Waals surface area contributed by atoms with E-state index in [0.29, 0.717) is 0 Å². The Hall–Kier alpha value is -0.950. The van der Waals surface area contributed by atoms with E-state index >= 15 is 0 Å². The van der Waals surface area contributed by atoms with Crippen molar-refractivity contribution in [3.05, 3.63) is 33.7 Å². The Kier molecular flexibility index (Phi) is 3.71. The first-order valence-electron chi connectivity index (χ1n) is 6.11. The highest BCUT2D eigenvalue weighted by atomic mass is 79.9. The van der Waals surface area contributed by atoms with Crippen molar-refractivity contribution in [2.45, 2.75) is 25.5 Å². The van der Waals surface area contributed by atoms with E-state index in [9.17, 15) is 12.8 Å². The molecule has 20 heavy (non-hydrogen) atoms. The fourth-order valence-corrected chi connectivity index (χ4v) is 3.76. The van der Waals surface area contributed by atoms with Crippen LogP contribution in [0.3, 0.4) is 0 Å². The molecule has 7 heteroatoms. The highest BCUT2D eigenvalue weighted by Gasteiger charge is 2.43. The lowest BCUT2D eigenvalue weighted by Crippen LogP contribution is -2.49. The molecule has 0 amide bonds. The molecule has 0 aromatic rings. The van der Waals surface area contributed by atoms with Crippen molar-refractivity contribution in [3.63, 3.8) is 0 Å². The molecule has 0 aromatic carbocycles. The fourth-order valence-electron chi connectivity index (χ4n) is 2.09. The quantitative estimate of drug-likeness (QED) is 0.719. The molecule has 1 aliphatic carbocycles. The van der Waals surface area contributed by atoms with Crippen LogP contribution in [0.5, 0.6) is 0 Å². The molecule has 2 aliphatic rings. The molecule has 1 aliphatic heterocycles. The summed E-state index contributed by atoms with van der Waals surface area (Å²) in [5.41, 5.74) is 6.25. The number of aliphatic imine (C=N–C) groups is 1. The maximum atomic E-state index is 14.1. The summed E-state index contributed by atoms with van der Waals surface area (Å²) in [5, 5.41) is 0. The molecule has 2 rings (SSSR count). The molecule has 0 aromatic heterocycles. The van der Waals surface area contributed by atoms with Gasteiger partial charge in [-0.2, -0.15) is 0 Å². The predicted octanol–water partition coefficient (Wildman–Crippen LogP) is 2.59. The first-order chi connectivity index (χ1) is 9.08.